The van der Waals surface area contributed by atoms with Crippen molar-refractivity contribution in [3.05, 3.63) is 42.5 Å². The van der Waals surface area contributed by atoms with Crippen LogP contribution in [0.3, 0.4) is 0 Å². The van der Waals surface area contributed by atoms with Crippen molar-refractivity contribution in [1.29, 1.82) is 5.26 Å². The molecular weight excluding hydrogens is 280 g/mol. The fourth-order valence-electron chi connectivity index (χ4n) is 1.85. The largest absolute Gasteiger partial charge is 0.324 e. The number of carbonyl (C=O) groups is 1. The molecule has 2 heterocycles. The van der Waals surface area contributed by atoms with Crippen LogP contribution < -0.4 is 5.32 Å². The van der Waals surface area contributed by atoms with Crippen LogP contribution in [-0.4, -0.2) is 38.8 Å². The summed E-state index contributed by atoms with van der Waals surface area (Å²) in [5.41, 5.74) is 1.50. The number of carbonyl (C=O) groups excluding carboxylic acids is 1. The molecule has 114 valence electrons. The Kier molecular flexibility index (Phi) is 5.09. The topological polar surface area (TPSA) is 86.8 Å². The lowest BCUT2D eigenvalue weighted by atomic mass is 10.2. The number of hydrogen-bond acceptors (Lipinski definition) is 4. The first-order valence-corrected chi connectivity index (χ1v) is 6.93. The predicted octanol–water partition coefficient (Wildman–Crippen LogP) is 2.09. The number of nitriles is 1. The van der Waals surface area contributed by atoms with E-state index in [0.717, 1.165) is 5.69 Å². The molecule has 1 N–H and O–H groups in total. The van der Waals surface area contributed by atoms with Gasteiger partial charge in [-0.3, -0.25) is 9.67 Å². The van der Waals surface area contributed by atoms with E-state index in [0.29, 0.717) is 18.7 Å². The number of urea groups is 1. The van der Waals surface area contributed by atoms with Crippen LogP contribution in [0.4, 0.5) is 10.5 Å². The SMILES string of the molecule is C[C@H](CC#N)N(C)C(=O)Nc1cnn(Cc2ccccn2)c1. The van der Waals surface area contributed by atoms with Gasteiger partial charge in [-0.25, -0.2) is 4.79 Å². The van der Waals surface area contributed by atoms with Gasteiger partial charge in [0, 0.05) is 25.5 Å². The Morgan fingerprint density at radius 3 is 3.05 bits per heavy atom. The fraction of sp³-hybridized carbons (Fsp3) is 0.333. The van der Waals surface area contributed by atoms with Gasteiger partial charge >= 0.3 is 6.03 Å². The van der Waals surface area contributed by atoms with Gasteiger partial charge in [0.05, 0.1) is 36.6 Å². The first-order chi connectivity index (χ1) is 10.6. The molecule has 0 aliphatic heterocycles. The highest BCUT2D eigenvalue weighted by atomic mass is 16.2. The number of rotatable bonds is 5. The van der Waals surface area contributed by atoms with Gasteiger partial charge in [-0.2, -0.15) is 10.4 Å². The molecule has 2 rings (SSSR count). The molecule has 0 unspecified atom stereocenters. The molecule has 1 atom stereocenters. The quantitative estimate of drug-likeness (QED) is 0.915. The molecule has 2 amide bonds. The van der Waals surface area contributed by atoms with Crippen molar-refractivity contribution in [2.24, 2.45) is 0 Å². The third-order valence-corrected chi connectivity index (χ3v) is 3.30. The molecule has 7 heteroatoms. The second-order valence-electron chi connectivity index (χ2n) is 5.00. The maximum atomic E-state index is 12.1. The maximum absolute atomic E-state index is 12.1. The minimum Gasteiger partial charge on any atom is -0.324 e. The molecule has 0 aromatic carbocycles. The summed E-state index contributed by atoms with van der Waals surface area (Å²) in [5.74, 6) is 0. The third-order valence-electron chi connectivity index (χ3n) is 3.30. The zero-order valence-electron chi connectivity index (χ0n) is 12.6. The molecule has 22 heavy (non-hydrogen) atoms. The average Bonchev–Trinajstić information content (AvgIpc) is 2.94. The van der Waals surface area contributed by atoms with E-state index in [1.165, 1.54) is 4.90 Å². The molecule has 0 aliphatic rings. The molecule has 0 saturated carbocycles. The third kappa shape index (κ3) is 4.06. The molecule has 0 radical (unpaired) electrons. The van der Waals surface area contributed by atoms with E-state index in [-0.39, 0.29) is 12.1 Å². The molecule has 2 aromatic rings. The van der Waals surface area contributed by atoms with Crippen LogP contribution in [0.2, 0.25) is 0 Å². The minimum atomic E-state index is -0.264. The maximum Gasteiger partial charge on any atom is 0.321 e. The summed E-state index contributed by atoms with van der Waals surface area (Å²) in [6, 6.07) is 7.33. The zero-order valence-corrected chi connectivity index (χ0v) is 12.6. The van der Waals surface area contributed by atoms with Gasteiger partial charge in [0.25, 0.3) is 0 Å². The number of pyridine rings is 1. The van der Waals surface area contributed by atoms with Gasteiger partial charge in [0.15, 0.2) is 0 Å². The fourth-order valence-corrected chi connectivity index (χ4v) is 1.85. The summed E-state index contributed by atoms with van der Waals surface area (Å²) in [6.07, 6.45) is 5.36. The van der Waals surface area contributed by atoms with E-state index in [2.05, 4.69) is 21.5 Å². The van der Waals surface area contributed by atoms with Crippen LogP contribution in [0.1, 0.15) is 19.0 Å². The smallest absolute Gasteiger partial charge is 0.321 e. The average molecular weight is 298 g/mol. The van der Waals surface area contributed by atoms with Crippen molar-refractivity contribution in [3.8, 4) is 6.07 Å². The van der Waals surface area contributed by atoms with Crippen LogP contribution in [0, 0.1) is 11.3 Å². The van der Waals surface area contributed by atoms with E-state index >= 15 is 0 Å². The summed E-state index contributed by atoms with van der Waals surface area (Å²) in [7, 11) is 1.66. The van der Waals surface area contributed by atoms with Crippen LogP contribution in [-0.2, 0) is 6.54 Å². The van der Waals surface area contributed by atoms with Gasteiger partial charge in [-0.1, -0.05) is 6.07 Å². The highest BCUT2D eigenvalue weighted by molar-refractivity contribution is 5.89. The first-order valence-electron chi connectivity index (χ1n) is 6.93. The van der Waals surface area contributed by atoms with Crippen molar-refractivity contribution in [2.75, 3.05) is 12.4 Å². The minimum absolute atomic E-state index is 0.145. The molecule has 2 aromatic heterocycles. The Hall–Kier alpha value is -2.88. The van der Waals surface area contributed by atoms with E-state index in [4.69, 9.17) is 5.26 Å². The number of aromatic nitrogens is 3. The molecule has 0 saturated heterocycles. The van der Waals surface area contributed by atoms with Crippen LogP contribution >= 0.6 is 0 Å². The number of anilines is 1. The van der Waals surface area contributed by atoms with E-state index < -0.39 is 0 Å². The second kappa shape index (κ2) is 7.22. The van der Waals surface area contributed by atoms with Crippen molar-refractivity contribution in [3.63, 3.8) is 0 Å². The Balaban J connectivity index is 1.94. The monoisotopic (exact) mass is 298 g/mol. The molecule has 7 nitrogen and oxygen atoms in total. The number of nitrogens with one attached hydrogen (secondary N) is 1. The van der Waals surface area contributed by atoms with Crippen molar-refractivity contribution >= 4 is 11.7 Å². The Labute approximate surface area is 129 Å². The summed E-state index contributed by atoms with van der Waals surface area (Å²) in [5, 5.41) is 15.6. The summed E-state index contributed by atoms with van der Waals surface area (Å²) in [4.78, 5) is 17.8. The highest BCUT2D eigenvalue weighted by Crippen LogP contribution is 2.09. The van der Waals surface area contributed by atoms with Gasteiger partial charge in [0.2, 0.25) is 0 Å². The Morgan fingerprint density at radius 1 is 1.55 bits per heavy atom. The number of amides is 2. The predicted molar refractivity (Wildman–Crippen MR) is 82.0 cm³/mol. The normalized spacial score (nSPS) is 11.5. The first kappa shape index (κ1) is 15.5. The second-order valence-corrected chi connectivity index (χ2v) is 5.00. The van der Waals surface area contributed by atoms with E-state index in [9.17, 15) is 4.79 Å². The molecule has 0 fully saturated rings. The van der Waals surface area contributed by atoms with Gasteiger partial charge < -0.3 is 10.2 Å². The lowest BCUT2D eigenvalue weighted by molar-refractivity contribution is 0.208. The van der Waals surface area contributed by atoms with Crippen LogP contribution in [0.15, 0.2) is 36.8 Å². The van der Waals surface area contributed by atoms with Crippen LogP contribution in [0.5, 0.6) is 0 Å². The molecule has 0 spiro atoms. The molecule has 0 aliphatic carbocycles. The lowest BCUT2D eigenvalue weighted by Gasteiger charge is -2.22. The standard InChI is InChI=1S/C15H18N6O/c1-12(6-7-16)20(2)15(22)19-14-9-18-21(11-14)10-13-5-3-4-8-17-13/h3-5,8-9,11-12H,6,10H2,1-2H3,(H,19,22)/t12-/m1/s1. The summed E-state index contributed by atoms with van der Waals surface area (Å²) in [6.45, 7) is 2.37. The van der Waals surface area contributed by atoms with Crippen molar-refractivity contribution in [2.45, 2.75) is 25.9 Å². The number of hydrogen-bond donors (Lipinski definition) is 1. The van der Waals surface area contributed by atoms with Gasteiger partial charge in [-0.15, -0.1) is 0 Å². The van der Waals surface area contributed by atoms with E-state index in [1.807, 2.05) is 25.1 Å². The zero-order chi connectivity index (χ0) is 15.9. The Bertz CT molecular complexity index is 660. The summed E-state index contributed by atoms with van der Waals surface area (Å²) >= 11 is 0. The van der Waals surface area contributed by atoms with Crippen molar-refractivity contribution in [1.82, 2.24) is 19.7 Å². The molecule has 0 bridgehead atoms. The summed E-state index contributed by atoms with van der Waals surface area (Å²) < 4.78 is 1.71. The van der Waals surface area contributed by atoms with Crippen molar-refractivity contribution < 1.29 is 4.79 Å². The van der Waals surface area contributed by atoms with E-state index in [1.54, 1.807) is 30.3 Å². The lowest BCUT2D eigenvalue weighted by Crippen LogP contribution is -2.37. The van der Waals surface area contributed by atoms with Gasteiger partial charge in [0.1, 0.15) is 0 Å². The van der Waals surface area contributed by atoms with Crippen LogP contribution in [0.25, 0.3) is 0 Å². The Morgan fingerprint density at radius 2 is 2.36 bits per heavy atom. The molecular formula is C15H18N6O. The highest BCUT2D eigenvalue weighted by Gasteiger charge is 2.16. The number of nitrogens with zero attached hydrogens (tertiary/aromatic N) is 5. The van der Waals surface area contributed by atoms with Gasteiger partial charge in [-0.05, 0) is 19.1 Å².